The van der Waals surface area contributed by atoms with E-state index in [2.05, 4.69) is 43.5 Å². The van der Waals surface area contributed by atoms with E-state index in [-0.39, 0.29) is 12.5 Å². The number of hydrogen-bond donors (Lipinski definition) is 2. The molecule has 1 amide bonds. The highest BCUT2D eigenvalue weighted by Crippen LogP contribution is 2.38. The molecule has 0 aliphatic heterocycles. The summed E-state index contributed by atoms with van der Waals surface area (Å²) in [6, 6.07) is -0.902. The summed E-state index contributed by atoms with van der Waals surface area (Å²) in [7, 11) is 1.24. The van der Waals surface area contributed by atoms with Gasteiger partial charge in [0.15, 0.2) is 0 Å². The Hall–Kier alpha value is -1.28. The number of aliphatic hydroxyl groups is 1. The highest BCUT2D eigenvalue weighted by molar-refractivity contribution is 7.45. The number of nitrogens with one attached hydrogen (secondary N) is 1. The molecule has 9 heteroatoms. The number of unbranched alkanes of at least 4 members (excludes halogenated alkanes) is 27. The molecule has 0 spiro atoms. The lowest BCUT2D eigenvalue weighted by atomic mass is 10.0. The van der Waals surface area contributed by atoms with Gasteiger partial charge in [0.05, 0.1) is 39.9 Å². The van der Waals surface area contributed by atoms with Crippen LogP contribution < -0.4 is 10.2 Å². The fourth-order valence-corrected chi connectivity index (χ4v) is 7.65. The van der Waals surface area contributed by atoms with Gasteiger partial charge in [0.2, 0.25) is 5.91 Å². The average molecular weight is 839 g/mol. The first-order valence-electron chi connectivity index (χ1n) is 24.4. The van der Waals surface area contributed by atoms with Gasteiger partial charge in [-0.3, -0.25) is 9.36 Å². The smallest absolute Gasteiger partial charge is 0.268 e. The number of quaternary nitrogens is 1. The van der Waals surface area contributed by atoms with Crippen molar-refractivity contribution in [3.8, 4) is 0 Å². The van der Waals surface area contributed by atoms with Gasteiger partial charge >= 0.3 is 0 Å². The maximum Gasteiger partial charge on any atom is 0.268 e. The molecule has 0 fully saturated rings. The highest BCUT2D eigenvalue weighted by atomic mass is 31.2. The zero-order chi connectivity index (χ0) is 42.8. The molecular formula is C49H95N2O6P. The zero-order valence-corrected chi connectivity index (χ0v) is 39.6. The van der Waals surface area contributed by atoms with Crippen molar-refractivity contribution in [1.82, 2.24) is 5.32 Å². The van der Waals surface area contributed by atoms with Crippen molar-refractivity contribution >= 4 is 13.7 Å². The van der Waals surface area contributed by atoms with Crippen LogP contribution >= 0.6 is 7.82 Å². The number of nitrogens with zero attached hydrogens (tertiary/aromatic N) is 1. The second-order valence-electron chi connectivity index (χ2n) is 17.8. The van der Waals surface area contributed by atoms with Gasteiger partial charge in [-0.05, 0) is 57.8 Å². The van der Waals surface area contributed by atoms with E-state index >= 15 is 0 Å². The van der Waals surface area contributed by atoms with Crippen LogP contribution in [0.3, 0.4) is 0 Å². The van der Waals surface area contributed by atoms with Crippen LogP contribution in [0, 0.1) is 0 Å². The molecule has 0 bridgehead atoms. The Kier molecular flexibility index (Phi) is 40.2. The minimum Gasteiger partial charge on any atom is -0.756 e. The molecule has 0 radical (unpaired) electrons. The minimum atomic E-state index is -4.59. The number of rotatable bonds is 44. The summed E-state index contributed by atoms with van der Waals surface area (Å²) in [5, 5.41) is 13.7. The van der Waals surface area contributed by atoms with Crippen molar-refractivity contribution in [2.45, 2.75) is 231 Å². The van der Waals surface area contributed by atoms with Crippen molar-refractivity contribution in [1.29, 1.82) is 0 Å². The molecular weight excluding hydrogens is 744 g/mol. The van der Waals surface area contributed by atoms with E-state index in [4.69, 9.17) is 9.05 Å². The fourth-order valence-electron chi connectivity index (χ4n) is 6.93. The van der Waals surface area contributed by atoms with Crippen molar-refractivity contribution in [3.05, 3.63) is 36.5 Å². The predicted octanol–water partition coefficient (Wildman–Crippen LogP) is 13.2. The lowest BCUT2D eigenvalue weighted by Crippen LogP contribution is -2.45. The Morgan fingerprint density at radius 3 is 1.40 bits per heavy atom. The van der Waals surface area contributed by atoms with E-state index < -0.39 is 26.6 Å². The van der Waals surface area contributed by atoms with E-state index in [1.807, 2.05) is 27.2 Å². The van der Waals surface area contributed by atoms with Crippen molar-refractivity contribution in [2.75, 3.05) is 40.9 Å². The molecule has 0 aromatic rings. The molecule has 2 N–H and O–H groups in total. The van der Waals surface area contributed by atoms with Crippen LogP contribution in [0.15, 0.2) is 36.5 Å². The summed E-state index contributed by atoms with van der Waals surface area (Å²) >= 11 is 0. The maximum absolute atomic E-state index is 12.9. The Balaban J connectivity index is 4.25. The van der Waals surface area contributed by atoms with Gasteiger partial charge in [-0.2, -0.15) is 0 Å². The Morgan fingerprint density at radius 1 is 0.586 bits per heavy atom. The van der Waals surface area contributed by atoms with Crippen LogP contribution in [0.4, 0.5) is 0 Å². The lowest BCUT2D eigenvalue weighted by Gasteiger charge is -2.29. The standard InChI is InChI=1S/C49H95N2O6P/c1-6-8-10-12-14-16-18-20-21-22-23-24-25-26-27-28-29-30-31-33-35-37-39-41-43-49(53)50-47(46-57-58(54,55)56-45-44-51(3,4)5)48(52)42-40-38-36-34-32-19-17-15-13-11-9-7-2/h26-27,32,34,40,42,47-48,52H,6-25,28-31,33,35-39,41,43-46H2,1-5H3,(H-,50,53,54,55)/b27-26-,34-32+,42-40+. The van der Waals surface area contributed by atoms with Crippen LogP contribution in [0.2, 0.25) is 0 Å². The Morgan fingerprint density at radius 2 is 0.966 bits per heavy atom. The second-order valence-corrected chi connectivity index (χ2v) is 19.2. The fraction of sp³-hybridized carbons (Fsp3) is 0.857. The summed E-state index contributed by atoms with van der Waals surface area (Å²) in [4.78, 5) is 25.3. The number of allylic oxidation sites excluding steroid dienone is 5. The number of amides is 1. The lowest BCUT2D eigenvalue weighted by molar-refractivity contribution is -0.870. The summed E-state index contributed by atoms with van der Waals surface area (Å²) in [6.07, 6.45) is 50.7. The number of likely N-dealkylation sites (N-methyl/N-ethyl adjacent to an activating group) is 1. The van der Waals surface area contributed by atoms with Crippen LogP contribution in [0.25, 0.3) is 0 Å². The third-order valence-corrected chi connectivity index (χ3v) is 11.8. The third-order valence-electron chi connectivity index (χ3n) is 10.8. The van der Waals surface area contributed by atoms with Gasteiger partial charge in [0, 0.05) is 6.42 Å². The topological polar surface area (TPSA) is 108 Å². The van der Waals surface area contributed by atoms with E-state index in [1.165, 1.54) is 161 Å². The van der Waals surface area contributed by atoms with Crippen LogP contribution in [0.1, 0.15) is 219 Å². The van der Waals surface area contributed by atoms with Crippen molar-refractivity contribution in [2.24, 2.45) is 0 Å². The molecule has 0 rings (SSSR count). The van der Waals surface area contributed by atoms with Crippen molar-refractivity contribution in [3.63, 3.8) is 0 Å². The minimum absolute atomic E-state index is 0.00690. The van der Waals surface area contributed by atoms with E-state index in [0.29, 0.717) is 17.4 Å². The number of phosphoric acid groups is 1. The molecule has 0 heterocycles. The molecule has 0 aromatic heterocycles. The van der Waals surface area contributed by atoms with E-state index in [1.54, 1.807) is 6.08 Å². The molecule has 0 saturated heterocycles. The SMILES string of the molecule is CCCCCCCC/C=C/CC/C=C/C(O)C(COP(=O)([O-])OCC[N+](C)(C)C)NC(=O)CCCCCCCCCC/C=C\CCCCCCCCCCCCCC. The third kappa shape index (κ3) is 42.8. The molecule has 0 aromatic carbocycles. The summed E-state index contributed by atoms with van der Waals surface area (Å²) < 4.78 is 23.2. The predicted molar refractivity (Wildman–Crippen MR) is 247 cm³/mol. The number of hydrogen-bond acceptors (Lipinski definition) is 6. The van der Waals surface area contributed by atoms with E-state index in [9.17, 15) is 19.4 Å². The van der Waals surface area contributed by atoms with Crippen LogP contribution in [-0.4, -0.2) is 68.5 Å². The Labute approximate surface area is 359 Å². The molecule has 3 unspecified atom stereocenters. The molecule has 0 aliphatic rings. The summed E-state index contributed by atoms with van der Waals surface area (Å²) in [6.45, 7) is 4.61. The number of carbonyl (C=O) groups is 1. The summed E-state index contributed by atoms with van der Waals surface area (Å²) in [5.41, 5.74) is 0. The first-order chi connectivity index (χ1) is 28.0. The molecule has 8 nitrogen and oxygen atoms in total. The maximum atomic E-state index is 12.9. The number of phosphoric ester groups is 1. The summed E-state index contributed by atoms with van der Waals surface area (Å²) in [5.74, 6) is -0.211. The van der Waals surface area contributed by atoms with Crippen molar-refractivity contribution < 1.29 is 32.9 Å². The first-order valence-corrected chi connectivity index (χ1v) is 25.8. The molecule has 3 atom stereocenters. The Bertz CT molecular complexity index is 1040. The number of carbonyl (C=O) groups excluding carboxylic acids is 1. The van der Waals surface area contributed by atoms with Gasteiger partial charge in [-0.25, -0.2) is 0 Å². The van der Waals surface area contributed by atoms with Gasteiger partial charge in [-0.15, -0.1) is 0 Å². The zero-order valence-electron chi connectivity index (χ0n) is 38.8. The normalized spacial score (nSPS) is 14.5. The monoisotopic (exact) mass is 839 g/mol. The van der Waals surface area contributed by atoms with Crippen LogP contribution in [-0.2, 0) is 18.4 Å². The van der Waals surface area contributed by atoms with Gasteiger partial charge in [0.25, 0.3) is 7.82 Å². The van der Waals surface area contributed by atoms with Gasteiger partial charge < -0.3 is 28.8 Å². The molecule has 0 aliphatic carbocycles. The van der Waals surface area contributed by atoms with Gasteiger partial charge in [0.1, 0.15) is 13.2 Å². The molecule has 342 valence electrons. The first kappa shape index (κ1) is 56.7. The van der Waals surface area contributed by atoms with Gasteiger partial charge in [-0.1, -0.05) is 192 Å². The average Bonchev–Trinajstić information content (AvgIpc) is 3.17. The quantitative estimate of drug-likeness (QED) is 0.0274. The van der Waals surface area contributed by atoms with Crippen LogP contribution in [0.5, 0.6) is 0 Å². The van der Waals surface area contributed by atoms with E-state index in [0.717, 1.165) is 38.5 Å². The number of aliphatic hydroxyl groups excluding tert-OH is 1. The molecule has 58 heavy (non-hydrogen) atoms. The highest BCUT2D eigenvalue weighted by Gasteiger charge is 2.23. The second kappa shape index (κ2) is 41.1. The largest absolute Gasteiger partial charge is 0.756 e. The molecule has 0 saturated carbocycles.